The Bertz CT molecular complexity index is 1410. The van der Waals surface area contributed by atoms with E-state index in [1.165, 1.54) is 6.07 Å². The number of nitrogen functional groups attached to an aromatic ring is 1. The van der Waals surface area contributed by atoms with Gasteiger partial charge in [-0.3, -0.25) is 15.0 Å². The summed E-state index contributed by atoms with van der Waals surface area (Å²) in [6, 6.07) is 16.5. The summed E-state index contributed by atoms with van der Waals surface area (Å²) in [7, 11) is 0. The number of rotatable bonds is 4. The number of aromatic nitrogens is 5. The molecule has 152 valence electrons. The number of halogens is 1. The van der Waals surface area contributed by atoms with Crippen LogP contribution in [-0.4, -0.2) is 24.9 Å². The van der Waals surface area contributed by atoms with E-state index in [9.17, 15) is 4.39 Å². The predicted molar refractivity (Wildman–Crippen MR) is 119 cm³/mol. The van der Waals surface area contributed by atoms with E-state index in [1.807, 2.05) is 43.3 Å². The molecular weight excluding hydrogens is 391 g/mol. The van der Waals surface area contributed by atoms with Gasteiger partial charge < -0.3 is 10.7 Å². The van der Waals surface area contributed by atoms with Gasteiger partial charge in [0.05, 0.1) is 33.8 Å². The summed E-state index contributed by atoms with van der Waals surface area (Å²) in [5.41, 5.74) is 12.5. The Hall–Kier alpha value is -4.13. The van der Waals surface area contributed by atoms with Gasteiger partial charge in [-0.1, -0.05) is 18.2 Å². The van der Waals surface area contributed by atoms with E-state index in [4.69, 9.17) is 10.7 Å². The Morgan fingerprint density at radius 3 is 2.58 bits per heavy atom. The molecule has 0 bridgehead atoms. The van der Waals surface area contributed by atoms with Gasteiger partial charge in [0.2, 0.25) is 0 Å². The number of imidazole rings is 1. The zero-order chi connectivity index (χ0) is 21.4. The molecule has 6 nitrogen and oxygen atoms in total. The lowest BCUT2D eigenvalue weighted by Gasteiger charge is -2.04. The van der Waals surface area contributed by atoms with Crippen LogP contribution >= 0.6 is 0 Å². The molecule has 0 radical (unpaired) electrons. The van der Waals surface area contributed by atoms with E-state index >= 15 is 0 Å². The highest BCUT2D eigenvalue weighted by molar-refractivity contribution is 5.84. The first-order valence-electron chi connectivity index (χ1n) is 9.85. The van der Waals surface area contributed by atoms with Gasteiger partial charge in [-0.05, 0) is 48.9 Å². The first kappa shape index (κ1) is 18.9. The second-order valence-electron chi connectivity index (χ2n) is 7.36. The van der Waals surface area contributed by atoms with Crippen molar-refractivity contribution in [2.75, 3.05) is 5.73 Å². The van der Waals surface area contributed by atoms with Crippen molar-refractivity contribution in [1.82, 2.24) is 24.9 Å². The normalized spacial score (nSPS) is 11.2. The van der Waals surface area contributed by atoms with E-state index < -0.39 is 5.82 Å². The standard InChI is InChI=1S/C24H19FN6/c1-14-3-2-4-20(29-14)24-23(16-6-8-19-21(13-16)28-10-9-27-19)30-22(31-24)12-15-5-7-17(25)18(26)11-15/h2-11,13H,12,26H2,1H3,(H,30,31). The molecule has 0 unspecified atom stereocenters. The molecule has 3 aromatic heterocycles. The first-order valence-corrected chi connectivity index (χ1v) is 9.85. The third-order valence-corrected chi connectivity index (χ3v) is 5.07. The van der Waals surface area contributed by atoms with Crippen LogP contribution in [-0.2, 0) is 6.42 Å². The molecule has 0 aliphatic rings. The minimum Gasteiger partial charge on any atom is -0.396 e. The van der Waals surface area contributed by atoms with Crippen molar-refractivity contribution in [2.24, 2.45) is 0 Å². The molecule has 2 aromatic carbocycles. The molecule has 7 heteroatoms. The Labute approximate surface area is 178 Å². The highest BCUT2D eigenvalue weighted by Gasteiger charge is 2.17. The highest BCUT2D eigenvalue weighted by Crippen LogP contribution is 2.31. The Balaban J connectivity index is 1.63. The molecular formula is C24H19FN6. The molecule has 3 N–H and O–H groups in total. The first-order chi connectivity index (χ1) is 15.1. The maximum Gasteiger partial charge on any atom is 0.146 e. The van der Waals surface area contributed by atoms with Crippen LogP contribution in [0.1, 0.15) is 17.1 Å². The number of hydrogen-bond donors (Lipinski definition) is 2. The molecule has 0 aliphatic carbocycles. The molecule has 0 spiro atoms. The van der Waals surface area contributed by atoms with Crippen molar-refractivity contribution >= 4 is 16.7 Å². The van der Waals surface area contributed by atoms with E-state index in [1.54, 1.807) is 24.5 Å². The zero-order valence-corrected chi connectivity index (χ0v) is 16.8. The van der Waals surface area contributed by atoms with Crippen LogP contribution in [0.25, 0.3) is 33.7 Å². The number of nitrogens with one attached hydrogen (secondary N) is 1. The molecule has 0 fully saturated rings. The summed E-state index contributed by atoms with van der Waals surface area (Å²) in [5, 5.41) is 0. The molecule has 5 aromatic rings. The van der Waals surface area contributed by atoms with Gasteiger partial charge in [0, 0.05) is 30.1 Å². The second-order valence-corrected chi connectivity index (χ2v) is 7.36. The van der Waals surface area contributed by atoms with Crippen LogP contribution < -0.4 is 5.73 Å². The van der Waals surface area contributed by atoms with E-state index in [-0.39, 0.29) is 5.69 Å². The maximum absolute atomic E-state index is 13.5. The zero-order valence-electron chi connectivity index (χ0n) is 16.8. The maximum atomic E-state index is 13.5. The van der Waals surface area contributed by atoms with Gasteiger partial charge in [0.1, 0.15) is 11.6 Å². The van der Waals surface area contributed by atoms with Crippen LogP contribution in [0.5, 0.6) is 0 Å². The largest absolute Gasteiger partial charge is 0.396 e. The number of fused-ring (bicyclic) bond motifs is 1. The van der Waals surface area contributed by atoms with Crippen LogP contribution in [0.4, 0.5) is 10.1 Å². The summed E-state index contributed by atoms with van der Waals surface area (Å²) in [4.78, 5) is 21.7. The van der Waals surface area contributed by atoms with Crippen LogP contribution in [0, 0.1) is 12.7 Å². The van der Waals surface area contributed by atoms with Crippen molar-refractivity contribution in [3.8, 4) is 22.6 Å². The van der Waals surface area contributed by atoms with Gasteiger partial charge in [-0.15, -0.1) is 0 Å². The number of hydrogen-bond acceptors (Lipinski definition) is 5. The van der Waals surface area contributed by atoms with Crippen molar-refractivity contribution in [3.05, 3.63) is 89.9 Å². The highest BCUT2D eigenvalue weighted by atomic mass is 19.1. The fourth-order valence-corrected chi connectivity index (χ4v) is 3.59. The molecule has 5 rings (SSSR count). The number of aryl methyl sites for hydroxylation is 1. The molecule has 0 saturated carbocycles. The SMILES string of the molecule is Cc1cccc(-c2[nH]c(Cc3ccc(F)c(N)c3)nc2-c2ccc3nccnc3c2)n1. The molecule has 3 heterocycles. The van der Waals surface area contributed by atoms with Gasteiger partial charge in [-0.2, -0.15) is 0 Å². The third-order valence-electron chi connectivity index (χ3n) is 5.07. The minimum atomic E-state index is -0.425. The molecule has 0 amide bonds. The van der Waals surface area contributed by atoms with Crippen molar-refractivity contribution < 1.29 is 4.39 Å². The Morgan fingerprint density at radius 2 is 1.77 bits per heavy atom. The van der Waals surface area contributed by atoms with Crippen LogP contribution in [0.3, 0.4) is 0 Å². The lowest BCUT2D eigenvalue weighted by atomic mass is 10.1. The van der Waals surface area contributed by atoms with E-state index in [2.05, 4.69) is 19.9 Å². The molecule has 31 heavy (non-hydrogen) atoms. The van der Waals surface area contributed by atoms with Crippen molar-refractivity contribution in [2.45, 2.75) is 13.3 Å². The summed E-state index contributed by atoms with van der Waals surface area (Å²) < 4.78 is 13.5. The number of nitrogens with zero attached hydrogens (tertiary/aromatic N) is 4. The smallest absolute Gasteiger partial charge is 0.146 e. The Morgan fingerprint density at radius 1 is 0.935 bits per heavy atom. The second kappa shape index (κ2) is 7.60. The van der Waals surface area contributed by atoms with Gasteiger partial charge in [-0.25, -0.2) is 9.37 Å². The number of nitrogens with two attached hydrogens (primary N) is 1. The van der Waals surface area contributed by atoms with Gasteiger partial charge >= 0.3 is 0 Å². The predicted octanol–water partition coefficient (Wildman–Crippen LogP) is 4.70. The minimum absolute atomic E-state index is 0.123. The lowest BCUT2D eigenvalue weighted by molar-refractivity contribution is 0.632. The number of H-pyrrole nitrogens is 1. The molecule has 0 atom stereocenters. The average molecular weight is 410 g/mol. The number of pyridine rings is 1. The number of anilines is 1. The van der Waals surface area contributed by atoms with Crippen molar-refractivity contribution in [1.29, 1.82) is 0 Å². The average Bonchev–Trinajstić information content (AvgIpc) is 3.20. The van der Waals surface area contributed by atoms with E-state index in [0.717, 1.165) is 50.8 Å². The van der Waals surface area contributed by atoms with E-state index in [0.29, 0.717) is 6.42 Å². The summed E-state index contributed by atoms with van der Waals surface area (Å²) in [6.45, 7) is 1.95. The van der Waals surface area contributed by atoms with Crippen molar-refractivity contribution in [3.63, 3.8) is 0 Å². The Kier molecular flexibility index (Phi) is 4.63. The third kappa shape index (κ3) is 3.73. The van der Waals surface area contributed by atoms with Crippen LogP contribution in [0.2, 0.25) is 0 Å². The molecule has 0 aliphatic heterocycles. The quantitative estimate of drug-likeness (QED) is 0.419. The number of benzene rings is 2. The summed E-state index contributed by atoms with van der Waals surface area (Å²) in [6.07, 6.45) is 3.83. The topological polar surface area (TPSA) is 93.4 Å². The number of aromatic amines is 1. The fraction of sp³-hybridized carbons (Fsp3) is 0.0833. The van der Waals surface area contributed by atoms with Gasteiger partial charge in [0.25, 0.3) is 0 Å². The van der Waals surface area contributed by atoms with Crippen LogP contribution in [0.15, 0.2) is 67.0 Å². The molecule has 0 saturated heterocycles. The summed E-state index contributed by atoms with van der Waals surface area (Å²) >= 11 is 0. The lowest BCUT2D eigenvalue weighted by Crippen LogP contribution is -1.96. The fourth-order valence-electron chi connectivity index (χ4n) is 3.59. The van der Waals surface area contributed by atoms with Gasteiger partial charge in [0.15, 0.2) is 0 Å². The summed E-state index contributed by atoms with van der Waals surface area (Å²) in [5.74, 6) is 0.310. The monoisotopic (exact) mass is 410 g/mol.